The van der Waals surface area contributed by atoms with Gasteiger partial charge in [0.15, 0.2) is 0 Å². The maximum absolute atomic E-state index is 12.5. The lowest BCUT2D eigenvalue weighted by Crippen LogP contribution is -2.50. The Labute approximate surface area is 270 Å². The third-order valence-electron chi connectivity index (χ3n) is 7.90. The molecule has 0 aliphatic heterocycles. The summed E-state index contributed by atoms with van der Waals surface area (Å²) < 4.78 is 32.3. The van der Waals surface area contributed by atoms with Gasteiger partial charge in [-0.05, 0) is 44.9 Å². The van der Waals surface area contributed by atoms with Crippen molar-refractivity contribution in [1.82, 2.24) is 5.32 Å². The van der Waals surface area contributed by atoms with E-state index >= 15 is 0 Å². The molecular weight excluding hydrogens is 574 g/mol. The van der Waals surface area contributed by atoms with Gasteiger partial charge in [0.25, 0.3) is 10.1 Å². The van der Waals surface area contributed by atoms with Gasteiger partial charge in [0.1, 0.15) is 6.10 Å². The van der Waals surface area contributed by atoms with Crippen LogP contribution in [0.2, 0.25) is 0 Å². The Hall–Kier alpha value is -1.48. The van der Waals surface area contributed by atoms with Crippen LogP contribution in [-0.4, -0.2) is 53.1 Å². The van der Waals surface area contributed by atoms with Crippen LogP contribution in [0.1, 0.15) is 162 Å². The van der Waals surface area contributed by atoms with Crippen molar-refractivity contribution in [1.29, 1.82) is 0 Å². The molecule has 4 N–H and O–H groups in total. The first-order valence-electron chi connectivity index (χ1n) is 17.8. The normalized spacial score (nSPS) is 14.6. The second-order valence-electron chi connectivity index (χ2n) is 12.3. The number of hydrogen-bond donors (Lipinski definition) is 4. The fourth-order valence-corrected chi connectivity index (χ4v) is 5.87. The van der Waals surface area contributed by atoms with Crippen LogP contribution < -0.4 is 5.32 Å². The molecule has 0 saturated heterocycles. The van der Waals surface area contributed by atoms with Gasteiger partial charge in [-0.25, -0.2) is 0 Å². The molecule has 0 rings (SSSR count). The van der Waals surface area contributed by atoms with E-state index in [4.69, 9.17) is 0 Å². The largest absolute Gasteiger partial charge is 0.387 e. The Balaban J connectivity index is 4.21. The van der Waals surface area contributed by atoms with Crippen molar-refractivity contribution in [2.75, 3.05) is 5.75 Å². The highest BCUT2D eigenvalue weighted by molar-refractivity contribution is 7.85. The Morgan fingerprint density at radius 3 is 1.50 bits per heavy atom. The lowest BCUT2D eigenvalue weighted by atomic mass is 10.0. The zero-order chi connectivity index (χ0) is 32.7. The number of aliphatic hydroxyl groups excluding tert-OH is 2. The number of carbonyl (C=O) groups excluding carboxylic acids is 1. The van der Waals surface area contributed by atoms with Crippen LogP contribution in [0, 0.1) is 0 Å². The first-order valence-corrected chi connectivity index (χ1v) is 19.4. The molecule has 0 aromatic carbocycles. The number of carbonyl (C=O) groups is 1. The maximum atomic E-state index is 12.5. The summed E-state index contributed by atoms with van der Waals surface area (Å²) in [5.74, 6) is -1.57. The van der Waals surface area contributed by atoms with Crippen LogP contribution in [-0.2, 0) is 14.9 Å². The molecule has 0 fully saturated rings. The van der Waals surface area contributed by atoms with Crippen molar-refractivity contribution >= 4 is 16.0 Å². The van der Waals surface area contributed by atoms with Gasteiger partial charge in [-0.3, -0.25) is 9.35 Å². The molecule has 0 radical (unpaired) electrons. The summed E-state index contributed by atoms with van der Waals surface area (Å²) in [4.78, 5) is 12.5. The van der Waals surface area contributed by atoms with Crippen LogP contribution in [0.25, 0.3) is 0 Å². The Morgan fingerprint density at radius 1 is 0.614 bits per heavy atom. The first-order chi connectivity index (χ1) is 21.2. The van der Waals surface area contributed by atoms with Gasteiger partial charge in [-0.1, -0.05) is 153 Å². The molecule has 0 saturated carbocycles. The van der Waals surface area contributed by atoms with E-state index in [-0.39, 0.29) is 6.42 Å². The first kappa shape index (κ1) is 42.5. The number of hydrogen-bond acceptors (Lipinski definition) is 5. The van der Waals surface area contributed by atoms with Gasteiger partial charge in [0, 0.05) is 0 Å². The molecule has 44 heavy (non-hydrogen) atoms. The minimum Gasteiger partial charge on any atom is -0.387 e. The number of amides is 1. The molecule has 3 atom stereocenters. The highest BCUT2D eigenvalue weighted by atomic mass is 32.2. The predicted molar refractivity (Wildman–Crippen MR) is 185 cm³/mol. The molecule has 0 aliphatic carbocycles. The molecule has 0 aromatic rings. The van der Waals surface area contributed by atoms with Gasteiger partial charge in [-0.2, -0.15) is 8.42 Å². The van der Waals surface area contributed by atoms with Crippen molar-refractivity contribution in [3.63, 3.8) is 0 Å². The third-order valence-corrected chi connectivity index (χ3v) is 8.69. The molecule has 0 aliphatic rings. The number of aliphatic hydroxyl groups is 2. The highest BCUT2D eigenvalue weighted by Crippen LogP contribution is 2.13. The van der Waals surface area contributed by atoms with E-state index in [1.807, 2.05) is 0 Å². The molecule has 7 nitrogen and oxygen atoms in total. The predicted octanol–water partition coefficient (Wildman–Crippen LogP) is 8.76. The molecule has 3 unspecified atom stereocenters. The van der Waals surface area contributed by atoms with E-state index in [1.165, 1.54) is 89.5 Å². The topological polar surface area (TPSA) is 124 Å². The van der Waals surface area contributed by atoms with E-state index in [0.29, 0.717) is 12.8 Å². The summed E-state index contributed by atoms with van der Waals surface area (Å²) >= 11 is 0. The van der Waals surface area contributed by atoms with Gasteiger partial charge in [-0.15, -0.1) is 0 Å². The molecule has 0 bridgehead atoms. The van der Waals surface area contributed by atoms with E-state index < -0.39 is 40.0 Å². The Morgan fingerprint density at radius 2 is 1.02 bits per heavy atom. The summed E-state index contributed by atoms with van der Waals surface area (Å²) in [6.07, 6.45) is 35.0. The monoisotopic (exact) mass is 641 g/mol. The SMILES string of the molecule is CCCCCCCCCC/C=C/CC/C=C/CC/C=C/C(O)C(CS(=O)(=O)O)NC(=O)C(O)CCCCCCCCCCC. The number of nitrogens with one attached hydrogen (secondary N) is 1. The lowest BCUT2D eigenvalue weighted by Gasteiger charge is -2.22. The number of allylic oxidation sites excluding steroid dienone is 5. The van der Waals surface area contributed by atoms with Crippen molar-refractivity contribution in [2.45, 2.75) is 180 Å². The quantitative estimate of drug-likeness (QED) is 0.0341. The smallest absolute Gasteiger partial charge is 0.267 e. The van der Waals surface area contributed by atoms with Crippen LogP contribution in [0.4, 0.5) is 0 Å². The zero-order valence-electron chi connectivity index (χ0n) is 28.1. The van der Waals surface area contributed by atoms with Crippen LogP contribution in [0.5, 0.6) is 0 Å². The molecule has 0 heterocycles. The molecule has 258 valence electrons. The third kappa shape index (κ3) is 29.2. The van der Waals surface area contributed by atoms with Crippen LogP contribution in [0.15, 0.2) is 36.5 Å². The Bertz CT molecular complexity index is 855. The summed E-state index contributed by atoms with van der Waals surface area (Å²) in [7, 11) is -4.45. The van der Waals surface area contributed by atoms with Gasteiger partial charge in [0.05, 0.1) is 17.9 Å². The summed E-state index contributed by atoms with van der Waals surface area (Å²) in [5.41, 5.74) is 0. The average Bonchev–Trinajstić information content (AvgIpc) is 2.98. The average molecular weight is 642 g/mol. The van der Waals surface area contributed by atoms with Gasteiger partial charge >= 0.3 is 0 Å². The highest BCUT2D eigenvalue weighted by Gasteiger charge is 2.27. The van der Waals surface area contributed by atoms with Gasteiger partial charge < -0.3 is 15.5 Å². The van der Waals surface area contributed by atoms with Crippen molar-refractivity contribution in [3.05, 3.63) is 36.5 Å². The zero-order valence-corrected chi connectivity index (χ0v) is 29.0. The summed E-state index contributed by atoms with van der Waals surface area (Å²) in [5, 5.41) is 23.2. The van der Waals surface area contributed by atoms with Crippen molar-refractivity contribution in [2.24, 2.45) is 0 Å². The van der Waals surface area contributed by atoms with Crippen LogP contribution >= 0.6 is 0 Å². The van der Waals surface area contributed by atoms with Gasteiger partial charge in [0.2, 0.25) is 5.91 Å². The molecular formula is C36H67NO6S. The fraction of sp³-hybridized carbons (Fsp3) is 0.806. The molecule has 1 amide bonds. The number of unbranched alkanes of at least 4 members (excludes halogenated alkanes) is 18. The second kappa shape index (κ2) is 30.2. The van der Waals surface area contributed by atoms with Crippen molar-refractivity contribution < 1.29 is 28.0 Å². The number of rotatable bonds is 31. The van der Waals surface area contributed by atoms with E-state index in [2.05, 4.69) is 43.5 Å². The van der Waals surface area contributed by atoms with E-state index in [0.717, 1.165) is 44.9 Å². The maximum Gasteiger partial charge on any atom is 0.267 e. The second-order valence-corrected chi connectivity index (χ2v) is 13.8. The summed E-state index contributed by atoms with van der Waals surface area (Å²) in [6, 6.07) is -1.25. The standard InChI is InChI=1S/C36H67NO6S/c1-3-5-7-9-11-13-14-15-16-17-18-19-20-21-23-24-26-28-30-34(38)33(32-44(41,42)43)37-36(40)35(39)31-29-27-25-22-12-10-8-6-4-2/h17-18,21,23,28,30,33-35,38-39H,3-16,19-20,22,24-27,29,31-32H2,1-2H3,(H,37,40)(H,41,42,43)/b18-17+,23-21+,30-28+. The minimum atomic E-state index is -4.45. The van der Waals surface area contributed by atoms with Crippen molar-refractivity contribution in [3.8, 4) is 0 Å². The Kier molecular flexibility index (Phi) is 29.2. The fourth-order valence-electron chi connectivity index (χ4n) is 5.13. The minimum absolute atomic E-state index is 0.271. The molecule has 0 aromatic heterocycles. The van der Waals surface area contributed by atoms with Crippen LogP contribution in [0.3, 0.4) is 0 Å². The van der Waals surface area contributed by atoms with E-state index in [9.17, 15) is 28.0 Å². The lowest BCUT2D eigenvalue weighted by molar-refractivity contribution is -0.130. The molecule has 0 spiro atoms. The summed E-state index contributed by atoms with van der Waals surface area (Å²) in [6.45, 7) is 4.45. The van der Waals surface area contributed by atoms with E-state index in [1.54, 1.807) is 6.08 Å². The molecule has 8 heteroatoms.